The zero-order valence-electron chi connectivity index (χ0n) is 58.1. The Bertz CT molecular complexity index is 1530. The van der Waals surface area contributed by atoms with Crippen molar-refractivity contribution >= 4 is 11.9 Å². The molecule has 0 aromatic heterocycles. The van der Waals surface area contributed by atoms with E-state index in [0.717, 1.165) is 57.8 Å². The van der Waals surface area contributed by atoms with Gasteiger partial charge < -0.3 is 45.1 Å². The summed E-state index contributed by atoms with van der Waals surface area (Å²) < 4.78 is 17.7. The molecule has 0 bridgehead atoms. The first-order valence-corrected chi connectivity index (χ1v) is 38.6. The van der Waals surface area contributed by atoms with Crippen LogP contribution in [0.25, 0.3) is 0 Å². The van der Waals surface area contributed by atoms with Crippen molar-refractivity contribution in [2.75, 3.05) is 13.2 Å². The van der Waals surface area contributed by atoms with Gasteiger partial charge in [-0.2, -0.15) is 0 Å². The predicted molar refractivity (Wildman–Crippen MR) is 371 cm³/mol. The Balaban J connectivity index is 2.51. The van der Waals surface area contributed by atoms with E-state index in [2.05, 4.69) is 38.2 Å². The molecule has 0 aromatic rings. The van der Waals surface area contributed by atoms with E-state index in [4.69, 9.17) is 14.2 Å². The second-order valence-electron chi connectivity index (χ2n) is 27.1. The fourth-order valence-corrected chi connectivity index (χ4v) is 12.5. The second kappa shape index (κ2) is 65.2. The van der Waals surface area contributed by atoms with E-state index in [-0.39, 0.29) is 13.0 Å². The lowest BCUT2D eigenvalue weighted by atomic mass is 9.99. The van der Waals surface area contributed by atoms with Crippen LogP contribution < -0.4 is 5.32 Å². The Kier molecular flexibility index (Phi) is 62.4. The van der Waals surface area contributed by atoms with Gasteiger partial charge in [0, 0.05) is 6.42 Å². The van der Waals surface area contributed by atoms with Gasteiger partial charge in [0.2, 0.25) is 5.91 Å². The molecule has 0 radical (unpaired) electrons. The van der Waals surface area contributed by atoms with Crippen LogP contribution in [-0.4, -0.2) is 99.6 Å². The highest BCUT2D eigenvalue weighted by Gasteiger charge is 2.47. The van der Waals surface area contributed by atoms with E-state index in [1.54, 1.807) is 6.08 Å². The molecule has 0 spiro atoms. The van der Waals surface area contributed by atoms with Gasteiger partial charge in [-0.05, 0) is 51.4 Å². The van der Waals surface area contributed by atoms with Crippen LogP contribution in [0.1, 0.15) is 393 Å². The van der Waals surface area contributed by atoms with Crippen LogP contribution >= 0.6 is 0 Å². The number of ether oxygens (including phenoxy) is 3. The van der Waals surface area contributed by atoms with Crippen molar-refractivity contribution in [1.82, 2.24) is 5.32 Å². The van der Waals surface area contributed by atoms with Crippen LogP contribution in [0.15, 0.2) is 24.3 Å². The fraction of sp³-hybridized carbons (Fsp3) is 0.922. The number of hydrogen-bond donors (Lipinski definition) is 6. The summed E-state index contributed by atoms with van der Waals surface area (Å²) >= 11 is 0. The Labute approximate surface area is 543 Å². The molecule has 88 heavy (non-hydrogen) atoms. The minimum atomic E-state index is -1.61. The van der Waals surface area contributed by atoms with Crippen LogP contribution in [0.2, 0.25) is 0 Å². The molecular weight excluding hydrogens is 1100 g/mol. The first kappa shape index (κ1) is 84.2. The molecule has 1 fully saturated rings. The van der Waals surface area contributed by atoms with Gasteiger partial charge in [0.05, 0.1) is 25.4 Å². The van der Waals surface area contributed by atoms with E-state index in [1.807, 2.05) is 6.08 Å². The number of carbonyl (C=O) groups is 2. The molecule has 8 atom stereocenters. The molecule has 1 heterocycles. The topological polar surface area (TPSA) is 175 Å². The third kappa shape index (κ3) is 51.6. The molecule has 1 aliphatic heterocycles. The number of carbonyl (C=O) groups excluding carboxylic acids is 2. The number of esters is 1. The largest absolute Gasteiger partial charge is 0.454 e. The Hall–Kier alpha value is -1.86. The minimum absolute atomic E-state index is 0.129. The van der Waals surface area contributed by atoms with Crippen LogP contribution in [0.4, 0.5) is 0 Å². The van der Waals surface area contributed by atoms with Crippen LogP contribution in [0, 0.1) is 0 Å². The minimum Gasteiger partial charge on any atom is -0.454 e. The van der Waals surface area contributed by atoms with Gasteiger partial charge in [0.25, 0.3) is 0 Å². The monoisotopic (exact) mass is 1250 g/mol. The molecule has 0 aliphatic carbocycles. The molecule has 0 saturated carbocycles. The van der Waals surface area contributed by atoms with Crippen molar-refractivity contribution in [3.8, 4) is 0 Å². The summed E-state index contributed by atoms with van der Waals surface area (Å²) in [7, 11) is 0. The number of hydrogen-bond acceptors (Lipinski definition) is 10. The fourth-order valence-electron chi connectivity index (χ4n) is 12.5. The SMILES string of the molecule is CCCCCCCC/C=C/CCCCCCCCCCCCCCCC(=O)OC1C(OCC(NC(=O)C(O)CCCCCCCCCCCCCCCCCCCCCCCCCC)C(O)/C=C/CCCCCCCCCCCC)OC(CO)C(O)C1O. The van der Waals surface area contributed by atoms with Gasteiger partial charge in [-0.15, -0.1) is 0 Å². The number of aliphatic hydroxyl groups is 5. The molecule has 1 rings (SSSR count). The quantitative estimate of drug-likeness (QED) is 0.0195. The maximum atomic E-state index is 13.5. The number of unbranched alkanes of at least 4 members (excludes halogenated alkanes) is 52. The second-order valence-corrected chi connectivity index (χ2v) is 27.1. The lowest BCUT2D eigenvalue weighted by molar-refractivity contribution is -0.305. The van der Waals surface area contributed by atoms with Crippen molar-refractivity contribution in [1.29, 1.82) is 0 Å². The number of aliphatic hydroxyl groups excluding tert-OH is 5. The van der Waals surface area contributed by atoms with Gasteiger partial charge in [-0.1, -0.05) is 360 Å². The zero-order chi connectivity index (χ0) is 63.9. The first-order chi connectivity index (χ1) is 43.2. The third-order valence-corrected chi connectivity index (χ3v) is 18.6. The molecule has 11 heteroatoms. The lowest BCUT2D eigenvalue weighted by Gasteiger charge is -2.41. The highest BCUT2D eigenvalue weighted by atomic mass is 16.7. The van der Waals surface area contributed by atoms with E-state index in [9.17, 15) is 35.1 Å². The van der Waals surface area contributed by atoms with E-state index < -0.39 is 67.4 Å². The molecular formula is C77H147NO10. The molecule has 8 unspecified atom stereocenters. The number of nitrogens with one attached hydrogen (secondary N) is 1. The molecule has 1 saturated heterocycles. The number of rotatable bonds is 68. The smallest absolute Gasteiger partial charge is 0.306 e. The zero-order valence-corrected chi connectivity index (χ0v) is 58.1. The van der Waals surface area contributed by atoms with E-state index in [1.165, 1.54) is 289 Å². The van der Waals surface area contributed by atoms with Gasteiger partial charge in [-0.25, -0.2) is 0 Å². The van der Waals surface area contributed by atoms with Gasteiger partial charge in [0.15, 0.2) is 12.4 Å². The third-order valence-electron chi connectivity index (χ3n) is 18.6. The van der Waals surface area contributed by atoms with Crippen LogP contribution in [-0.2, 0) is 23.8 Å². The predicted octanol–water partition coefficient (Wildman–Crippen LogP) is 20.4. The van der Waals surface area contributed by atoms with Crippen molar-refractivity contribution < 1.29 is 49.3 Å². The van der Waals surface area contributed by atoms with Gasteiger partial charge in [-0.3, -0.25) is 9.59 Å². The normalized spacial score (nSPS) is 18.2. The average Bonchev–Trinajstić information content (AvgIpc) is 2.54. The summed E-state index contributed by atoms with van der Waals surface area (Å²) in [5.41, 5.74) is 0. The summed E-state index contributed by atoms with van der Waals surface area (Å²) in [6.07, 6.45) is 69.5. The maximum absolute atomic E-state index is 13.5. The first-order valence-electron chi connectivity index (χ1n) is 38.6. The van der Waals surface area contributed by atoms with Crippen molar-refractivity contribution in [2.24, 2.45) is 0 Å². The Morgan fingerprint density at radius 2 is 0.750 bits per heavy atom. The summed E-state index contributed by atoms with van der Waals surface area (Å²) in [5, 5.41) is 57.4. The summed E-state index contributed by atoms with van der Waals surface area (Å²) in [6, 6.07) is -1.02. The highest BCUT2D eigenvalue weighted by Crippen LogP contribution is 2.27. The summed E-state index contributed by atoms with van der Waals surface area (Å²) in [4.78, 5) is 26.7. The van der Waals surface area contributed by atoms with E-state index in [0.29, 0.717) is 19.3 Å². The standard InChI is InChI=1S/C77H147NO10/c1-4-7-10-13-16-19-22-25-27-29-31-33-35-37-38-40-42-44-46-49-52-55-58-61-64-70(81)76(85)78-68(69(80)63-60-57-54-51-48-24-21-18-15-12-9-6-3)67-86-77-75(74(84)73(83)71(66-79)87-77)88-72(82)65-62-59-56-53-50-47-45-43-41-39-36-34-32-30-28-26-23-20-17-14-11-8-5-2/h26,28,60,63,68-71,73-75,77,79-81,83-84H,4-25,27,29-59,61-62,64-67H2,1-3H3,(H,78,85)/b28-26+,63-60+. The Morgan fingerprint density at radius 1 is 0.432 bits per heavy atom. The molecule has 520 valence electrons. The summed E-state index contributed by atoms with van der Waals surface area (Å²) in [5.74, 6) is -1.17. The highest BCUT2D eigenvalue weighted by molar-refractivity contribution is 5.80. The van der Waals surface area contributed by atoms with Crippen LogP contribution in [0.5, 0.6) is 0 Å². The van der Waals surface area contributed by atoms with Crippen molar-refractivity contribution in [3.05, 3.63) is 24.3 Å². The van der Waals surface area contributed by atoms with Gasteiger partial charge in [0.1, 0.15) is 24.4 Å². The van der Waals surface area contributed by atoms with E-state index >= 15 is 0 Å². The summed E-state index contributed by atoms with van der Waals surface area (Å²) in [6.45, 7) is 5.86. The van der Waals surface area contributed by atoms with Crippen LogP contribution in [0.3, 0.4) is 0 Å². The average molecular weight is 1250 g/mol. The van der Waals surface area contributed by atoms with Crippen molar-refractivity contribution in [2.45, 2.75) is 442 Å². The molecule has 1 aliphatic rings. The number of amides is 1. The molecule has 6 N–H and O–H groups in total. The lowest BCUT2D eigenvalue weighted by Crippen LogP contribution is -2.61. The Morgan fingerprint density at radius 3 is 1.10 bits per heavy atom. The maximum Gasteiger partial charge on any atom is 0.306 e. The van der Waals surface area contributed by atoms with Gasteiger partial charge >= 0.3 is 5.97 Å². The molecule has 11 nitrogen and oxygen atoms in total. The molecule has 1 amide bonds. The molecule has 0 aromatic carbocycles. The number of allylic oxidation sites excluding steroid dienone is 3. The van der Waals surface area contributed by atoms with Crippen molar-refractivity contribution in [3.63, 3.8) is 0 Å².